The van der Waals surface area contributed by atoms with Gasteiger partial charge in [0.2, 0.25) is 0 Å². The van der Waals surface area contributed by atoms with Crippen molar-refractivity contribution in [3.63, 3.8) is 0 Å². The molecule has 2 heteroatoms. The third kappa shape index (κ3) is 2.39. The number of halogens is 1. The van der Waals surface area contributed by atoms with Crippen molar-refractivity contribution in [1.29, 1.82) is 0 Å². The van der Waals surface area contributed by atoms with Crippen LogP contribution >= 0.6 is 15.9 Å². The SMILES string of the molecule is C=CC[N]c1ccccc1Br. The molecule has 1 nitrogen and oxygen atoms in total. The molecule has 11 heavy (non-hydrogen) atoms. The van der Waals surface area contributed by atoms with Crippen LogP contribution in [0.4, 0.5) is 5.69 Å². The van der Waals surface area contributed by atoms with Gasteiger partial charge in [0.15, 0.2) is 0 Å². The summed E-state index contributed by atoms with van der Waals surface area (Å²) in [4.78, 5) is 0. The Kier molecular flexibility index (Phi) is 3.17. The molecule has 57 valence electrons. The van der Waals surface area contributed by atoms with Crippen molar-refractivity contribution < 1.29 is 0 Å². The van der Waals surface area contributed by atoms with E-state index in [1.807, 2.05) is 24.3 Å². The molecule has 0 fully saturated rings. The number of hydrogen-bond donors (Lipinski definition) is 0. The maximum atomic E-state index is 4.26. The Bertz CT molecular complexity index is 245. The zero-order valence-electron chi connectivity index (χ0n) is 6.13. The Morgan fingerprint density at radius 2 is 2.18 bits per heavy atom. The maximum absolute atomic E-state index is 4.26. The van der Waals surface area contributed by atoms with Crippen molar-refractivity contribution in [2.24, 2.45) is 0 Å². The Morgan fingerprint density at radius 1 is 1.45 bits per heavy atom. The monoisotopic (exact) mass is 210 g/mol. The topological polar surface area (TPSA) is 14.1 Å². The molecule has 0 N–H and O–H groups in total. The lowest BCUT2D eigenvalue weighted by Crippen LogP contribution is -1.96. The number of para-hydroxylation sites is 1. The fraction of sp³-hybridized carbons (Fsp3) is 0.111. The van der Waals surface area contributed by atoms with Crippen molar-refractivity contribution in [2.75, 3.05) is 6.54 Å². The summed E-state index contributed by atoms with van der Waals surface area (Å²) in [5.74, 6) is 0. The van der Waals surface area contributed by atoms with Gasteiger partial charge in [0.1, 0.15) is 0 Å². The second-order valence-corrected chi connectivity index (χ2v) is 2.94. The number of benzene rings is 1. The van der Waals surface area contributed by atoms with E-state index in [4.69, 9.17) is 0 Å². The number of rotatable bonds is 3. The summed E-state index contributed by atoms with van der Waals surface area (Å²) in [6.45, 7) is 4.27. The predicted molar refractivity (Wildman–Crippen MR) is 51.0 cm³/mol. The minimum absolute atomic E-state index is 0.669. The van der Waals surface area contributed by atoms with E-state index in [9.17, 15) is 0 Å². The normalized spacial score (nSPS) is 9.18. The molecule has 0 saturated heterocycles. The van der Waals surface area contributed by atoms with Crippen LogP contribution in [0.1, 0.15) is 0 Å². The van der Waals surface area contributed by atoms with E-state index in [1.54, 1.807) is 6.08 Å². The van der Waals surface area contributed by atoms with Gasteiger partial charge < -0.3 is 0 Å². The zero-order chi connectivity index (χ0) is 8.10. The van der Waals surface area contributed by atoms with Crippen LogP contribution in [0.15, 0.2) is 41.4 Å². The average molecular weight is 211 g/mol. The molecule has 0 aliphatic heterocycles. The second-order valence-electron chi connectivity index (χ2n) is 2.08. The van der Waals surface area contributed by atoms with Crippen molar-refractivity contribution in [2.45, 2.75) is 0 Å². The predicted octanol–water partition coefficient (Wildman–Crippen LogP) is 2.87. The first-order chi connectivity index (χ1) is 5.34. The van der Waals surface area contributed by atoms with Gasteiger partial charge in [-0.3, -0.25) is 5.32 Å². The van der Waals surface area contributed by atoms with E-state index in [0.717, 1.165) is 10.2 Å². The highest BCUT2D eigenvalue weighted by Gasteiger charge is 1.95. The summed E-state index contributed by atoms with van der Waals surface area (Å²) in [5, 5.41) is 4.26. The molecule has 0 atom stereocenters. The molecule has 0 aliphatic carbocycles. The molecule has 0 saturated carbocycles. The number of nitrogens with zero attached hydrogens (tertiary/aromatic N) is 1. The Balaban J connectivity index is 2.69. The summed E-state index contributed by atoms with van der Waals surface area (Å²) < 4.78 is 1.03. The third-order valence-corrected chi connectivity index (χ3v) is 1.91. The molecule has 1 radical (unpaired) electrons. The Labute approximate surface area is 75.3 Å². The maximum Gasteiger partial charge on any atom is 0.0720 e. The summed E-state index contributed by atoms with van der Waals surface area (Å²) >= 11 is 3.40. The molecule has 0 heterocycles. The Morgan fingerprint density at radius 3 is 2.82 bits per heavy atom. The largest absolute Gasteiger partial charge is 0.280 e. The molecule has 0 spiro atoms. The molecule has 1 rings (SSSR count). The zero-order valence-corrected chi connectivity index (χ0v) is 7.71. The summed E-state index contributed by atoms with van der Waals surface area (Å²) in [6, 6.07) is 7.87. The van der Waals surface area contributed by atoms with Gasteiger partial charge in [-0.15, -0.1) is 6.58 Å². The van der Waals surface area contributed by atoms with E-state index < -0.39 is 0 Å². The minimum Gasteiger partial charge on any atom is -0.280 e. The fourth-order valence-electron chi connectivity index (χ4n) is 0.743. The van der Waals surface area contributed by atoms with Gasteiger partial charge in [0.25, 0.3) is 0 Å². The lowest BCUT2D eigenvalue weighted by Gasteiger charge is -2.00. The summed E-state index contributed by atoms with van der Waals surface area (Å²) in [7, 11) is 0. The molecule has 1 aromatic rings. The summed E-state index contributed by atoms with van der Waals surface area (Å²) in [6.07, 6.45) is 1.78. The van der Waals surface area contributed by atoms with E-state index in [1.165, 1.54) is 0 Å². The van der Waals surface area contributed by atoms with Crippen molar-refractivity contribution >= 4 is 21.6 Å². The molecule has 1 aromatic carbocycles. The van der Waals surface area contributed by atoms with Crippen LogP contribution in [0.3, 0.4) is 0 Å². The van der Waals surface area contributed by atoms with Crippen molar-refractivity contribution in [3.05, 3.63) is 41.4 Å². The highest BCUT2D eigenvalue weighted by molar-refractivity contribution is 9.10. The van der Waals surface area contributed by atoms with Crippen LogP contribution < -0.4 is 5.32 Å². The lowest BCUT2D eigenvalue weighted by atomic mass is 10.3. The molecular weight excluding hydrogens is 202 g/mol. The van der Waals surface area contributed by atoms with Gasteiger partial charge >= 0.3 is 0 Å². The Hall–Kier alpha value is -0.760. The quantitative estimate of drug-likeness (QED) is 0.682. The van der Waals surface area contributed by atoms with Gasteiger partial charge in [0.05, 0.1) is 12.2 Å². The standard InChI is InChI=1S/C9H9BrN/c1-2-7-11-9-6-4-3-5-8(9)10/h2-6H,1,7H2. The number of hydrogen-bond acceptors (Lipinski definition) is 0. The molecule has 0 unspecified atom stereocenters. The van der Waals surface area contributed by atoms with E-state index >= 15 is 0 Å². The third-order valence-electron chi connectivity index (χ3n) is 1.24. The second kappa shape index (κ2) is 4.19. The minimum atomic E-state index is 0.669. The van der Waals surface area contributed by atoms with Crippen LogP contribution in [0.25, 0.3) is 0 Å². The highest BCUT2D eigenvalue weighted by Crippen LogP contribution is 2.20. The van der Waals surface area contributed by atoms with Crippen LogP contribution in [-0.2, 0) is 0 Å². The van der Waals surface area contributed by atoms with Crippen LogP contribution in [0.5, 0.6) is 0 Å². The first-order valence-corrected chi connectivity index (χ1v) is 4.17. The van der Waals surface area contributed by atoms with E-state index in [2.05, 4.69) is 27.8 Å². The van der Waals surface area contributed by atoms with Crippen LogP contribution in [-0.4, -0.2) is 6.54 Å². The highest BCUT2D eigenvalue weighted by atomic mass is 79.9. The molecule has 0 amide bonds. The van der Waals surface area contributed by atoms with Crippen LogP contribution in [0.2, 0.25) is 0 Å². The fourth-order valence-corrected chi connectivity index (χ4v) is 1.15. The van der Waals surface area contributed by atoms with Crippen molar-refractivity contribution in [3.8, 4) is 0 Å². The molecule has 0 aliphatic rings. The molecular formula is C9H9BrN. The molecule has 0 bridgehead atoms. The smallest absolute Gasteiger partial charge is 0.0720 e. The van der Waals surface area contributed by atoms with Gasteiger partial charge in [0, 0.05) is 4.47 Å². The van der Waals surface area contributed by atoms with Gasteiger partial charge in [-0.05, 0) is 28.1 Å². The molecule has 0 aromatic heterocycles. The van der Waals surface area contributed by atoms with Gasteiger partial charge in [-0.25, -0.2) is 0 Å². The van der Waals surface area contributed by atoms with Crippen LogP contribution in [0, 0.1) is 0 Å². The van der Waals surface area contributed by atoms with E-state index in [0.29, 0.717) is 6.54 Å². The first kappa shape index (κ1) is 8.34. The van der Waals surface area contributed by atoms with Gasteiger partial charge in [-0.1, -0.05) is 18.2 Å². The van der Waals surface area contributed by atoms with E-state index in [-0.39, 0.29) is 0 Å². The van der Waals surface area contributed by atoms with Gasteiger partial charge in [-0.2, -0.15) is 0 Å². The average Bonchev–Trinajstić information content (AvgIpc) is 2.03. The van der Waals surface area contributed by atoms with Crippen molar-refractivity contribution in [1.82, 2.24) is 5.32 Å². The summed E-state index contributed by atoms with van der Waals surface area (Å²) in [5.41, 5.74) is 0.979. The first-order valence-electron chi connectivity index (χ1n) is 3.37. The lowest BCUT2D eigenvalue weighted by molar-refractivity contribution is 0.974.